The van der Waals surface area contributed by atoms with Crippen LogP contribution in [-0.4, -0.2) is 130 Å². The number of carbonyl (C=O) groups is 6. The Morgan fingerprint density at radius 2 is 0.722 bits per heavy atom. The van der Waals surface area contributed by atoms with E-state index in [1.54, 1.807) is 0 Å². The van der Waals surface area contributed by atoms with Crippen LogP contribution in [0.25, 0.3) is 0 Å². The van der Waals surface area contributed by atoms with Crippen LogP contribution in [0.5, 0.6) is 0 Å². The zero-order chi connectivity index (χ0) is 28.2. The number of carboxylic acids is 1. The molecule has 0 aromatic rings. The van der Waals surface area contributed by atoms with Gasteiger partial charge in [-0.1, -0.05) is 0 Å². The molecule has 0 unspecified atom stereocenters. The van der Waals surface area contributed by atoms with E-state index >= 15 is 0 Å². The highest BCUT2D eigenvalue weighted by Crippen LogP contribution is 1.85. The number of hydrogen-bond acceptors (Lipinski definition) is 14. The number of ketones is 3. The molecule has 0 rings (SSSR count). The predicted molar refractivity (Wildman–Crippen MR) is 119 cm³/mol. The first-order valence-electron chi connectivity index (χ1n) is 10.6. The van der Waals surface area contributed by atoms with Gasteiger partial charge in [-0.3, -0.25) is 14.4 Å². The fraction of sp³-hybridized carbons (Fsp3) is 0.714. The minimum absolute atomic E-state index is 0.00532. The molecule has 0 aromatic heterocycles. The number of Topliss-reactive ketones (excluding diaryl/α,β-unsaturated/α-hetero) is 3. The lowest BCUT2D eigenvalue weighted by atomic mass is 10.5. The first-order valence-corrected chi connectivity index (χ1v) is 10.6. The van der Waals surface area contributed by atoms with Gasteiger partial charge < -0.3 is 43.7 Å². The van der Waals surface area contributed by atoms with Gasteiger partial charge in [0.25, 0.3) is 0 Å². The maximum Gasteiger partial charge on any atom is 0.374 e. The molecule has 0 aliphatic rings. The Kier molecular flexibility index (Phi) is 29.8. The van der Waals surface area contributed by atoms with Crippen molar-refractivity contribution in [3.05, 3.63) is 0 Å². The second-order valence-corrected chi connectivity index (χ2v) is 6.14. The molecule has 0 amide bonds. The molecular formula is C21H36O15. The van der Waals surface area contributed by atoms with E-state index in [1.807, 2.05) is 0 Å². The molecule has 3 N–H and O–H groups in total. The van der Waals surface area contributed by atoms with Crippen molar-refractivity contribution in [2.45, 2.75) is 20.8 Å². The topological polar surface area (TPSA) is 218 Å². The number of aliphatic carboxylic acids is 1. The van der Waals surface area contributed by atoms with Crippen molar-refractivity contribution in [3.63, 3.8) is 0 Å². The zero-order valence-corrected chi connectivity index (χ0v) is 20.7. The van der Waals surface area contributed by atoms with Crippen LogP contribution in [0.3, 0.4) is 0 Å². The molecule has 0 saturated carbocycles. The molecule has 0 radical (unpaired) electrons. The van der Waals surface area contributed by atoms with Gasteiger partial charge in [-0.05, 0) is 0 Å². The SMILES string of the molecule is CC(=O)C(=O)O.CC(=O)C(=O)OCCOCCOCCOC(=O)C(C)=O.OCCOCCOCCO. The number of aliphatic hydroxyl groups is 2. The number of esters is 2. The van der Waals surface area contributed by atoms with E-state index in [4.69, 9.17) is 34.3 Å². The van der Waals surface area contributed by atoms with Gasteiger partial charge in [0, 0.05) is 20.8 Å². The van der Waals surface area contributed by atoms with Crippen LogP contribution >= 0.6 is 0 Å². The Morgan fingerprint density at radius 3 is 0.944 bits per heavy atom. The third-order valence-corrected chi connectivity index (χ3v) is 3.01. The van der Waals surface area contributed by atoms with Crippen molar-refractivity contribution in [1.82, 2.24) is 0 Å². The molecular weight excluding hydrogens is 492 g/mol. The van der Waals surface area contributed by atoms with Gasteiger partial charge >= 0.3 is 17.9 Å². The molecule has 15 nitrogen and oxygen atoms in total. The van der Waals surface area contributed by atoms with Crippen LogP contribution in [0.2, 0.25) is 0 Å². The van der Waals surface area contributed by atoms with Gasteiger partial charge in [-0.15, -0.1) is 0 Å². The molecule has 0 fully saturated rings. The van der Waals surface area contributed by atoms with Crippen molar-refractivity contribution in [3.8, 4) is 0 Å². The highest BCUT2D eigenvalue weighted by Gasteiger charge is 2.08. The Morgan fingerprint density at radius 1 is 0.472 bits per heavy atom. The van der Waals surface area contributed by atoms with Gasteiger partial charge in [0.15, 0.2) is 0 Å². The Bertz CT molecular complexity index is 579. The van der Waals surface area contributed by atoms with E-state index in [0.29, 0.717) is 26.4 Å². The lowest BCUT2D eigenvalue weighted by Crippen LogP contribution is -2.19. The number of carboxylic acid groups (broad SMARTS) is 1. The molecule has 0 aliphatic heterocycles. The number of rotatable bonds is 19. The Balaban J connectivity index is -0.000000561. The summed E-state index contributed by atoms with van der Waals surface area (Å²) in [6, 6.07) is 0. The summed E-state index contributed by atoms with van der Waals surface area (Å²) in [4.78, 5) is 61.4. The van der Waals surface area contributed by atoms with Crippen LogP contribution in [0, 0.1) is 0 Å². The monoisotopic (exact) mass is 528 g/mol. The third-order valence-electron chi connectivity index (χ3n) is 3.01. The molecule has 0 spiro atoms. The van der Waals surface area contributed by atoms with E-state index in [-0.39, 0.29) is 52.9 Å². The molecule has 0 aliphatic carbocycles. The lowest BCUT2D eigenvalue weighted by Gasteiger charge is -2.06. The summed E-state index contributed by atoms with van der Waals surface area (Å²) in [6.07, 6.45) is 0. The Labute approximate surface area is 208 Å². The normalized spacial score (nSPS) is 9.58. The number of carbonyl (C=O) groups excluding carboxylic acids is 5. The molecule has 0 saturated heterocycles. The second-order valence-electron chi connectivity index (χ2n) is 6.14. The highest BCUT2D eigenvalue weighted by atomic mass is 16.6. The van der Waals surface area contributed by atoms with Crippen LogP contribution in [0.4, 0.5) is 0 Å². The fourth-order valence-electron chi connectivity index (χ4n) is 1.36. The van der Waals surface area contributed by atoms with Crippen molar-refractivity contribution in [2.75, 3.05) is 79.3 Å². The van der Waals surface area contributed by atoms with E-state index in [2.05, 4.69) is 9.47 Å². The quantitative estimate of drug-likeness (QED) is 0.0933. The summed E-state index contributed by atoms with van der Waals surface area (Å²) in [5, 5.41) is 24.2. The highest BCUT2D eigenvalue weighted by molar-refractivity contribution is 6.33. The maximum absolute atomic E-state index is 10.7. The van der Waals surface area contributed by atoms with Crippen LogP contribution < -0.4 is 0 Å². The van der Waals surface area contributed by atoms with Gasteiger partial charge in [-0.25, -0.2) is 14.4 Å². The first-order chi connectivity index (χ1) is 17.0. The van der Waals surface area contributed by atoms with Crippen molar-refractivity contribution < 1.29 is 72.5 Å². The molecule has 210 valence electrons. The van der Waals surface area contributed by atoms with Crippen LogP contribution in [0.15, 0.2) is 0 Å². The standard InChI is InChI=1S/C12H18O8.C6H14O4.C3H4O3/c1-9(13)11(15)19-7-5-17-3-4-18-6-8-20-12(16)10(2)14;7-1-3-9-5-6-10-4-2-8;1-2(4)3(5)6/h3-8H2,1-2H3;7-8H,1-6H2;1H3,(H,5,6). The Hall–Kier alpha value is -2.82. The number of aliphatic hydroxyl groups excluding tert-OH is 2. The average molecular weight is 529 g/mol. The van der Waals surface area contributed by atoms with Crippen molar-refractivity contribution in [2.24, 2.45) is 0 Å². The molecule has 0 bridgehead atoms. The van der Waals surface area contributed by atoms with Crippen molar-refractivity contribution in [1.29, 1.82) is 0 Å². The molecule has 36 heavy (non-hydrogen) atoms. The average Bonchev–Trinajstić information content (AvgIpc) is 2.82. The summed E-state index contributed by atoms with van der Waals surface area (Å²) < 4.78 is 29.0. The minimum atomic E-state index is -1.38. The zero-order valence-electron chi connectivity index (χ0n) is 20.7. The smallest absolute Gasteiger partial charge is 0.374 e. The summed E-state index contributed by atoms with van der Waals surface area (Å²) in [7, 11) is 0. The van der Waals surface area contributed by atoms with E-state index < -0.39 is 35.3 Å². The largest absolute Gasteiger partial charge is 0.476 e. The third kappa shape index (κ3) is 33.4. The van der Waals surface area contributed by atoms with E-state index in [0.717, 1.165) is 20.8 Å². The van der Waals surface area contributed by atoms with Gasteiger partial charge in [-0.2, -0.15) is 0 Å². The summed E-state index contributed by atoms with van der Waals surface area (Å²) in [5.41, 5.74) is 0. The second kappa shape index (κ2) is 28.4. The van der Waals surface area contributed by atoms with Crippen LogP contribution in [0.1, 0.15) is 20.8 Å². The van der Waals surface area contributed by atoms with Gasteiger partial charge in [0.1, 0.15) is 13.2 Å². The van der Waals surface area contributed by atoms with Crippen LogP contribution in [-0.2, 0) is 57.2 Å². The molecule has 0 atom stereocenters. The molecule has 15 heteroatoms. The van der Waals surface area contributed by atoms with E-state index in [1.165, 1.54) is 0 Å². The minimum Gasteiger partial charge on any atom is -0.476 e. The van der Waals surface area contributed by atoms with Gasteiger partial charge in [0.2, 0.25) is 17.3 Å². The van der Waals surface area contributed by atoms with E-state index in [9.17, 15) is 28.8 Å². The molecule has 0 aromatic carbocycles. The predicted octanol–water partition coefficient (Wildman–Crippen LogP) is -2.05. The number of hydrogen-bond donors (Lipinski definition) is 3. The first kappa shape index (κ1) is 37.7. The summed E-state index contributed by atoms with van der Waals surface area (Å²) in [6.45, 7) is 5.80. The maximum atomic E-state index is 10.7. The van der Waals surface area contributed by atoms with Crippen molar-refractivity contribution >= 4 is 35.3 Å². The summed E-state index contributed by atoms with van der Waals surface area (Å²) in [5.74, 6) is -5.30. The number of ether oxygens (including phenoxy) is 6. The summed E-state index contributed by atoms with van der Waals surface area (Å²) >= 11 is 0. The fourth-order valence-corrected chi connectivity index (χ4v) is 1.36. The van der Waals surface area contributed by atoms with Gasteiger partial charge in [0.05, 0.1) is 66.1 Å². The lowest BCUT2D eigenvalue weighted by molar-refractivity contribution is -0.154. The molecule has 0 heterocycles.